The number of aryl methyl sites for hydroxylation is 1. The van der Waals surface area contributed by atoms with E-state index in [0.717, 1.165) is 23.7 Å². The number of hydrogen-bond acceptors (Lipinski definition) is 5. The number of rotatable bonds is 8. The third-order valence-electron chi connectivity index (χ3n) is 2.47. The van der Waals surface area contributed by atoms with Gasteiger partial charge in [-0.15, -0.1) is 11.8 Å². The van der Waals surface area contributed by atoms with Crippen molar-refractivity contribution >= 4 is 11.8 Å². The van der Waals surface area contributed by atoms with Crippen molar-refractivity contribution in [3.8, 4) is 0 Å². The van der Waals surface area contributed by atoms with Crippen LogP contribution in [-0.2, 0) is 11.3 Å². The van der Waals surface area contributed by atoms with Gasteiger partial charge in [-0.05, 0) is 18.1 Å². The van der Waals surface area contributed by atoms with Gasteiger partial charge in [0.15, 0.2) is 0 Å². The third kappa shape index (κ3) is 5.35. The van der Waals surface area contributed by atoms with Gasteiger partial charge in [-0.1, -0.05) is 13.0 Å². The number of nitrogens with one attached hydrogen (secondary N) is 1. The first kappa shape index (κ1) is 15.4. The average molecular weight is 270 g/mol. The van der Waals surface area contributed by atoms with Crippen LogP contribution in [0.3, 0.4) is 0 Å². The van der Waals surface area contributed by atoms with E-state index in [1.54, 1.807) is 18.9 Å². The van der Waals surface area contributed by atoms with Gasteiger partial charge in [-0.25, -0.2) is 4.98 Å². The summed E-state index contributed by atoms with van der Waals surface area (Å²) in [4.78, 5) is 4.45. The van der Waals surface area contributed by atoms with Crippen LogP contribution in [0.4, 0.5) is 0 Å². The number of aliphatic hydroxyl groups is 1. The average Bonchev–Trinajstić information content (AvgIpc) is 2.37. The molecule has 102 valence electrons. The van der Waals surface area contributed by atoms with Crippen molar-refractivity contribution in [1.29, 1.82) is 0 Å². The molecule has 4 nitrogen and oxygen atoms in total. The smallest absolute Gasteiger partial charge is 0.0992 e. The Kier molecular flexibility index (Phi) is 7.27. The zero-order valence-electron chi connectivity index (χ0n) is 11.3. The van der Waals surface area contributed by atoms with E-state index in [1.165, 1.54) is 5.56 Å². The monoisotopic (exact) mass is 270 g/mol. The van der Waals surface area contributed by atoms with E-state index in [9.17, 15) is 0 Å². The fourth-order valence-electron chi connectivity index (χ4n) is 1.48. The standard InChI is InChI=1S/C13H22N2O2S/c1-10-6-12(7-14-4-5-17-3)8-15-13(10)18-11(2)9-16/h6,8,11,14,16H,4-5,7,9H2,1-3H3. The fourth-order valence-corrected chi connectivity index (χ4v) is 2.29. The normalized spacial score (nSPS) is 12.7. The maximum atomic E-state index is 9.04. The van der Waals surface area contributed by atoms with Crippen LogP contribution in [0.15, 0.2) is 17.3 Å². The summed E-state index contributed by atoms with van der Waals surface area (Å²) in [7, 11) is 1.70. The van der Waals surface area contributed by atoms with Crippen molar-refractivity contribution in [3.05, 3.63) is 23.4 Å². The van der Waals surface area contributed by atoms with Crippen molar-refractivity contribution in [1.82, 2.24) is 10.3 Å². The Morgan fingerprint density at radius 3 is 2.94 bits per heavy atom. The molecule has 1 rings (SSSR count). The van der Waals surface area contributed by atoms with E-state index in [4.69, 9.17) is 9.84 Å². The van der Waals surface area contributed by atoms with Gasteiger partial charge in [-0.2, -0.15) is 0 Å². The molecule has 1 aromatic rings. The molecule has 1 atom stereocenters. The maximum absolute atomic E-state index is 9.04. The minimum Gasteiger partial charge on any atom is -0.395 e. The molecule has 0 radical (unpaired) electrons. The molecule has 1 unspecified atom stereocenters. The molecule has 0 amide bonds. The highest BCUT2D eigenvalue weighted by atomic mass is 32.2. The Morgan fingerprint density at radius 2 is 2.33 bits per heavy atom. The van der Waals surface area contributed by atoms with Crippen LogP contribution < -0.4 is 5.32 Å². The molecule has 18 heavy (non-hydrogen) atoms. The summed E-state index contributed by atoms with van der Waals surface area (Å²) < 4.78 is 4.97. The first-order chi connectivity index (χ1) is 8.67. The van der Waals surface area contributed by atoms with Gasteiger partial charge in [0.05, 0.1) is 18.2 Å². The first-order valence-electron chi connectivity index (χ1n) is 6.10. The van der Waals surface area contributed by atoms with Crippen LogP contribution in [0.1, 0.15) is 18.1 Å². The van der Waals surface area contributed by atoms with Gasteiger partial charge in [0.1, 0.15) is 0 Å². The number of aromatic nitrogens is 1. The van der Waals surface area contributed by atoms with Crippen molar-refractivity contribution in [2.24, 2.45) is 0 Å². The molecular formula is C13H22N2O2S. The molecule has 5 heteroatoms. The van der Waals surface area contributed by atoms with E-state index < -0.39 is 0 Å². The van der Waals surface area contributed by atoms with E-state index in [-0.39, 0.29) is 11.9 Å². The zero-order chi connectivity index (χ0) is 13.4. The molecular weight excluding hydrogens is 248 g/mol. The van der Waals surface area contributed by atoms with Crippen LogP contribution in [0.5, 0.6) is 0 Å². The van der Waals surface area contributed by atoms with E-state index in [1.807, 2.05) is 13.1 Å². The molecule has 2 N–H and O–H groups in total. The molecule has 0 fully saturated rings. The lowest BCUT2D eigenvalue weighted by atomic mass is 10.2. The molecule has 0 aliphatic carbocycles. The lowest BCUT2D eigenvalue weighted by Crippen LogP contribution is -2.18. The predicted octanol–water partition coefficient (Wildman–Crippen LogP) is 1.60. The highest BCUT2D eigenvalue weighted by molar-refractivity contribution is 7.99. The van der Waals surface area contributed by atoms with Crippen LogP contribution in [0.25, 0.3) is 0 Å². The topological polar surface area (TPSA) is 54.4 Å². The molecule has 0 saturated carbocycles. The summed E-state index contributed by atoms with van der Waals surface area (Å²) in [6.07, 6.45) is 1.89. The molecule has 0 bridgehead atoms. The number of methoxy groups -OCH3 is 1. The fraction of sp³-hybridized carbons (Fsp3) is 0.615. The Labute approximate surface area is 113 Å². The molecule has 0 spiro atoms. The van der Waals surface area contributed by atoms with Crippen LogP contribution >= 0.6 is 11.8 Å². The summed E-state index contributed by atoms with van der Waals surface area (Å²) in [5, 5.41) is 13.5. The van der Waals surface area contributed by atoms with Crippen molar-refractivity contribution < 1.29 is 9.84 Å². The second kappa shape index (κ2) is 8.48. The Hall–Kier alpha value is -0.620. The van der Waals surface area contributed by atoms with Gasteiger partial charge >= 0.3 is 0 Å². The number of nitrogens with zero attached hydrogens (tertiary/aromatic N) is 1. The predicted molar refractivity (Wildman–Crippen MR) is 75.0 cm³/mol. The second-order valence-corrected chi connectivity index (χ2v) is 5.67. The number of ether oxygens (including phenoxy) is 1. The molecule has 1 heterocycles. The van der Waals surface area contributed by atoms with E-state index >= 15 is 0 Å². The molecule has 1 aromatic heterocycles. The van der Waals surface area contributed by atoms with Crippen LogP contribution in [0, 0.1) is 6.92 Å². The number of aliphatic hydroxyl groups excluding tert-OH is 1. The Balaban J connectivity index is 2.51. The minimum absolute atomic E-state index is 0.173. The SMILES string of the molecule is COCCNCc1cnc(SC(C)CO)c(C)c1. The second-order valence-electron chi connectivity index (χ2n) is 4.25. The molecule has 0 aliphatic heterocycles. The molecule has 0 saturated heterocycles. The summed E-state index contributed by atoms with van der Waals surface area (Å²) in [6.45, 7) is 6.58. The summed E-state index contributed by atoms with van der Waals surface area (Å²) in [5.41, 5.74) is 2.33. The van der Waals surface area contributed by atoms with Gasteiger partial charge in [0, 0.05) is 31.6 Å². The molecule has 0 aliphatic rings. The number of pyridine rings is 1. The summed E-state index contributed by atoms with van der Waals surface area (Å²) >= 11 is 1.61. The lowest BCUT2D eigenvalue weighted by Gasteiger charge is -2.11. The van der Waals surface area contributed by atoms with Gasteiger partial charge < -0.3 is 15.2 Å². The largest absolute Gasteiger partial charge is 0.395 e. The lowest BCUT2D eigenvalue weighted by molar-refractivity contribution is 0.199. The maximum Gasteiger partial charge on any atom is 0.0992 e. The number of hydrogen-bond donors (Lipinski definition) is 2. The van der Waals surface area contributed by atoms with Crippen molar-refractivity contribution in [3.63, 3.8) is 0 Å². The Morgan fingerprint density at radius 1 is 1.56 bits per heavy atom. The van der Waals surface area contributed by atoms with Crippen LogP contribution in [0.2, 0.25) is 0 Å². The van der Waals surface area contributed by atoms with Gasteiger partial charge in [-0.3, -0.25) is 0 Å². The van der Waals surface area contributed by atoms with Crippen LogP contribution in [-0.4, -0.2) is 42.2 Å². The van der Waals surface area contributed by atoms with Gasteiger partial charge in [0.25, 0.3) is 0 Å². The molecule has 0 aromatic carbocycles. The third-order valence-corrected chi connectivity index (χ3v) is 3.67. The van der Waals surface area contributed by atoms with Crippen molar-refractivity contribution in [2.75, 3.05) is 26.9 Å². The Bertz CT molecular complexity index is 361. The number of thioether (sulfide) groups is 1. The van der Waals surface area contributed by atoms with E-state index in [0.29, 0.717) is 6.61 Å². The summed E-state index contributed by atoms with van der Waals surface area (Å²) in [6, 6.07) is 2.14. The highest BCUT2D eigenvalue weighted by Crippen LogP contribution is 2.24. The first-order valence-corrected chi connectivity index (χ1v) is 6.98. The van der Waals surface area contributed by atoms with E-state index in [2.05, 4.69) is 23.3 Å². The van der Waals surface area contributed by atoms with Gasteiger partial charge in [0.2, 0.25) is 0 Å². The quantitative estimate of drug-likeness (QED) is 0.555. The van der Waals surface area contributed by atoms with Crippen molar-refractivity contribution in [2.45, 2.75) is 30.7 Å². The highest BCUT2D eigenvalue weighted by Gasteiger charge is 2.07. The zero-order valence-corrected chi connectivity index (χ0v) is 12.1. The minimum atomic E-state index is 0.173. The summed E-state index contributed by atoms with van der Waals surface area (Å²) in [5.74, 6) is 0.